The maximum atomic E-state index is 12.7. The molecule has 1 aliphatic heterocycles. The molecule has 6 heteroatoms. The summed E-state index contributed by atoms with van der Waals surface area (Å²) in [5.74, 6) is 0.535. The van der Waals surface area contributed by atoms with Gasteiger partial charge in [0.05, 0.1) is 5.69 Å². The Morgan fingerprint density at radius 3 is 2.55 bits per heavy atom. The minimum absolute atomic E-state index is 0.0153. The summed E-state index contributed by atoms with van der Waals surface area (Å²) < 4.78 is 5.86. The van der Waals surface area contributed by atoms with Crippen LogP contribution in [-0.4, -0.2) is 17.0 Å². The molecule has 0 aliphatic carbocycles. The van der Waals surface area contributed by atoms with Crippen LogP contribution in [0.2, 0.25) is 0 Å². The monoisotopic (exact) mass is 386 g/mol. The first-order chi connectivity index (χ1) is 14.0. The molecule has 2 N–H and O–H groups in total. The highest BCUT2D eigenvalue weighted by atomic mass is 16.3. The van der Waals surface area contributed by atoms with Gasteiger partial charge >= 0.3 is 6.03 Å². The van der Waals surface area contributed by atoms with Gasteiger partial charge < -0.3 is 14.8 Å². The first-order valence-electron chi connectivity index (χ1n) is 8.96. The Balaban J connectivity index is 1.64. The zero-order valence-electron chi connectivity index (χ0n) is 15.7. The summed E-state index contributed by atoms with van der Waals surface area (Å²) in [6, 6.07) is 17.1. The van der Waals surface area contributed by atoms with Crippen molar-refractivity contribution >= 4 is 29.5 Å². The Labute approximate surface area is 167 Å². The van der Waals surface area contributed by atoms with Crippen LogP contribution >= 0.6 is 0 Å². The number of para-hydroxylation sites is 1. The van der Waals surface area contributed by atoms with E-state index in [1.54, 1.807) is 48.5 Å². The van der Waals surface area contributed by atoms with Gasteiger partial charge in [0.15, 0.2) is 0 Å². The van der Waals surface area contributed by atoms with Gasteiger partial charge in [-0.05, 0) is 36.8 Å². The molecule has 0 unspecified atom stereocenters. The number of rotatable bonds is 4. The topological polar surface area (TPSA) is 82.8 Å². The van der Waals surface area contributed by atoms with Gasteiger partial charge in [0.25, 0.3) is 5.91 Å². The zero-order chi connectivity index (χ0) is 20.5. The van der Waals surface area contributed by atoms with Crippen LogP contribution in [0.5, 0.6) is 0 Å². The van der Waals surface area contributed by atoms with Crippen molar-refractivity contribution in [2.75, 3.05) is 4.90 Å². The second-order valence-corrected chi connectivity index (χ2v) is 6.59. The molecule has 29 heavy (non-hydrogen) atoms. The third kappa shape index (κ3) is 3.32. The summed E-state index contributed by atoms with van der Waals surface area (Å²) in [4.78, 5) is 26.0. The summed E-state index contributed by atoms with van der Waals surface area (Å²) >= 11 is 0. The molecule has 6 nitrogen and oxygen atoms in total. The van der Waals surface area contributed by atoms with E-state index in [-0.39, 0.29) is 11.5 Å². The van der Waals surface area contributed by atoms with E-state index in [0.29, 0.717) is 22.8 Å². The van der Waals surface area contributed by atoms with Crippen molar-refractivity contribution in [3.8, 4) is 11.3 Å². The van der Waals surface area contributed by atoms with E-state index in [1.165, 1.54) is 6.08 Å². The Hall–Kier alpha value is -4.06. The van der Waals surface area contributed by atoms with Gasteiger partial charge in [0, 0.05) is 17.2 Å². The van der Waals surface area contributed by atoms with Crippen molar-refractivity contribution in [2.45, 2.75) is 6.92 Å². The lowest BCUT2D eigenvalue weighted by atomic mass is 10.00. The summed E-state index contributed by atoms with van der Waals surface area (Å²) in [6.45, 7) is 5.44. The van der Waals surface area contributed by atoms with E-state index in [1.807, 2.05) is 19.1 Å². The number of carbonyl (C=O) groups excluding carboxylic acids is 2. The molecular weight excluding hydrogens is 368 g/mol. The molecule has 3 aromatic rings. The molecule has 2 heterocycles. The summed E-state index contributed by atoms with van der Waals surface area (Å²) in [7, 11) is 0. The van der Waals surface area contributed by atoms with Crippen LogP contribution in [0.3, 0.4) is 0 Å². The van der Waals surface area contributed by atoms with Gasteiger partial charge in [-0.2, -0.15) is 0 Å². The van der Waals surface area contributed by atoms with E-state index < -0.39 is 11.9 Å². The first kappa shape index (κ1) is 18.3. The lowest BCUT2D eigenvalue weighted by Crippen LogP contribution is -2.30. The summed E-state index contributed by atoms with van der Waals surface area (Å²) in [5.41, 5.74) is 2.89. The largest absolute Gasteiger partial charge is 0.508 e. The Morgan fingerprint density at radius 2 is 1.83 bits per heavy atom. The molecule has 0 radical (unpaired) electrons. The van der Waals surface area contributed by atoms with Crippen LogP contribution in [-0.2, 0) is 4.79 Å². The molecular formula is C23H18N2O4. The molecule has 3 amide bonds. The maximum Gasteiger partial charge on any atom is 0.333 e. The van der Waals surface area contributed by atoms with E-state index in [9.17, 15) is 14.7 Å². The Kier molecular flexibility index (Phi) is 4.52. The fourth-order valence-corrected chi connectivity index (χ4v) is 3.28. The molecule has 0 atom stereocenters. The van der Waals surface area contributed by atoms with E-state index in [0.717, 1.165) is 16.0 Å². The van der Waals surface area contributed by atoms with Crippen molar-refractivity contribution < 1.29 is 19.1 Å². The highest BCUT2D eigenvalue weighted by Gasteiger charge is 2.34. The molecule has 4 rings (SSSR count). The standard InChI is InChI=1S/C23H18N2O4/c1-14-18(15(2)26)9-6-10-19(14)21-12-11-17(29-21)13-20-22(27)25(23(28)24-20)16-7-4-3-5-8-16/h3-13,26H,2H2,1H3,(H,24,28)/b20-13+. The molecule has 2 aromatic carbocycles. The lowest BCUT2D eigenvalue weighted by Gasteiger charge is -2.10. The van der Waals surface area contributed by atoms with E-state index >= 15 is 0 Å². The average Bonchev–Trinajstić information content (AvgIpc) is 3.27. The number of nitrogens with one attached hydrogen (secondary N) is 1. The average molecular weight is 386 g/mol. The van der Waals surface area contributed by atoms with Gasteiger partial charge in [0.2, 0.25) is 0 Å². The Bertz CT molecular complexity index is 1160. The summed E-state index contributed by atoms with van der Waals surface area (Å²) in [5, 5.41) is 12.3. The molecule has 0 saturated carbocycles. The predicted molar refractivity (Wildman–Crippen MR) is 111 cm³/mol. The van der Waals surface area contributed by atoms with Crippen molar-refractivity contribution in [3.05, 3.63) is 89.8 Å². The number of benzene rings is 2. The normalized spacial score (nSPS) is 15.1. The lowest BCUT2D eigenvalue weighted by molar-refractivity contribution is -0.113. The highest BCUT2D eigenvalue weighted by Crippen LogP contribution is 2.30. The fraction of sp³-hybridized carbons (Fsp3) is 0.0435. The van der Waals surface area contributed by atoms with Gasteiger partial charge in [-0.25, -0.2) is 9.69 Å². The third-order valence-electron chi connectivity index (χ3n) is 4.72. The van der Waals surface area contributed by atoms with E-state index in [4.69, 9.17) is 4.42 Å². The van der Waals surface area contributed by atoms with Gasteiger partial charge in [-0.1, -0.05) is 43.0 Å². The van der Waals surface area contributed by atoms with Crippen molar-refractivity contribution in [3.63, 3.8) is 0 Å². The SMILES string of the molecule is C=C(O)c1cccc(-c2ccc(/C=C3/NC(=O)N(c4ccccc4)C3=O)o2)c1C. The minimum Gasteiger partial charge on any atom is -0.508 e. The van der Waals surface area contributed by atoms with E-state index in [2.05, 4.69) is 11.9 Å². The van der Waals surface area contributed by atoms with Crippen LogP contribution in [0.1, 0.15) is 16.9 Å². The fourth-order valence-electron chi connectivity index (χ4n) is 3.28. The first-order valence-corrected chi connectivity index (χ1v) is 8.96. The number of carbonyl (C=O) groups is 2. The number of imide groups is 1. The quantitative estimate of drug-likeness (QED) is 0.380. The number of amides is 3. The van der Waals surface area contributed by atoms with Crippen LogP contribution in [0.25, 0.3) is 23.2 Å². The summed E-state index contributed by atoms with van der Waals surface area (Å²) in [6.07, 6.45) is 1.50. The number of hydrogen-bond acceptors (Lipinski definition) is 4. The second kappa shape index (κ2) is 7.16. The van der Waals surface area contributed by atoms with Crippen molar-refractivity contribution in [1.82, 2.24) is 5.32 Å². The second-order valence-electron chi connectivity index (χ2n) is 6.59. The minimum atomic E-state index is -0.510. The van der Waals surface area contributed by atoms with Crippen LogP contribution in [0.15, 0.2) is 77.4 Å². The predicted octanol–water partition coefficient (Wildman–Crippen LogP) is 4.88. The Morgan fingerprint density at radius 1 is 1.07 bits per heavy atom. The molecule has 1 aromatic heterocycles. The van der Waals surface area contributed by atoms with Crippen LogP contribution < -0.4 is 10.2 Å². The smallest absolute Gasteiger partial charge is 0.333 e. The van der Waals surface area contributed by atoms with Crippen LogP contribution in [0, 0.1) is 6.92 Å². The molecule has 0 spiro atoms. The number of anilines is 1. The van der Waals surface area contributed by atoms with Gasteiger partial charge in [-0.15, -0.1) is 0 Å². The van der Waals surface area contributed by atoms with Gasteiger partial charge in [-0.3, -0.25) is 4.79 Å². The number of aliphatic hydroxyl groups excluding tert-OH is 1. The van der Waals surface area contributed by atoms with Crippen molar-refractivity contribution in [1.29, 1.82) is 0 Å². The molecule has 144 valence electrons. The zero-order valence-corrected chi connectivity index (χ0v) is 15.7. The molecule has 1 saturated heterocycles. The number of aliphatic hydroxyl groups is 1. The molecule has 0 bridgehead atoms. The number of nitrogens with zero attached hydrogens (tertiary/aromatic N) is 1. The molecule has 1 fully saturated rings. The third-order valence-corrected chi connectivity index (χ3v) is 4.72. The van der Waals surface area contributed by atoms with Crippen molar-refractivity contribution in [2.24, 2.45) is 0 Å². The maximum absolute atomic E-state index is 12.7. The number of hydrogen-bond donors (Lipinski definition) is 2. The number of furan rings is 1. The molecule has 1 aliphatic rings. The van der Waals surface area contributed by atoms with Crippen LogP contribution in [0.4, 0.5) is 10.5 Å². The number of urea groups is 1. The van der Waals surface area contributed by atoms with Gasteiger partial charge in [0.1, 0.15) is 23.0 Å². The highest BCUT2D eigenvalue weighted by molar-refractivity contribution is 6.28.